The van der Waals surface area contributed by atoms with Crippen molar-refractivity contribution in [1.29, 1.82) is 0 Å². The van der Waals surface area contributed by atoms with Crippen LogP contribution in [0.15, 0.2) is 58.0 Å². The first-order valence-corrected chi connectivity index (χ1v) is 11.4. The lowest BCUT2D eigenvalue weighted by atomic mass is 9.87. The van der Waals surface area contributed by atoms with E-state index in [4.69, 9.17) is 0 Å². The number of hydrogen-bond acceptors (Lipinski definition) is 3. The second-order valence-corrected chi connectivity index (χ2v) is 9.46. The molecule has 0 spiro atoms. The van der Waals surface area contributed by atoms with Crippen LogP contribution in [0.3, 0.4) is 0 Å². The molecule has 1 unspecified atom stereocenters. The van der Waals surface area contributed by atoms with Crippen molar-refractivity contribution in [1.82, 2.24) is 4.57 Å². The lowest BCUT2D eigenvalue weighted by Crippen LogP contribution is -2.33. The summed E-state index contributed by atoms with van der Waals surface area (Å²) in [6, 6.07) is 14.8. The molecule has 2 aromatic carbocycles. The molecule has 29 heavy (non-hydrogen) atoms. The molecule has 1 aromatic heterocycles. The summed E-state index contributed by atoms with van der Waals surface area (Å²) in [7, 11) is 0. The molecule has 0 saturated carbocycles. The van der Waals surface area contributed by atoms with Crippen LogP contribution in [-0.4, -0.2) is 16.3 Å². The van der Waals surface area contributed by atoms with E-state index in [9.17, 15) is 9.59 Å². The molecule has 1 heterocycles. The topological polar surface area (TPSA) is 51.4 Å². The molecule has 1 atom stereocenters. The molecule has 2 aliphatic carbocycles. The fourth-order valence-corrected chi connectivity index (χ4v) is 5.82. The number of Topliss-reactive ketones (excluding diaryl/α,β-unsaturated/α-hetero) is 1. The number of benzene rings is 2. The summed E-state index contributed by atoms with van der Waals surface area (Å²) < 4.78 is 2.99. The molecule has 0 bridgehead atoms. The standard InChI is InChI=1S/C23H19BrN2O2S/c24-16-11-8-15(9-12-16)22(28)25-23-26(18-6-3-7-20(18)29-23)19-13-10-14-4-1-2-5-17(14)21(19)27/h1-2,4-5,8-9,11-12,19H,3,6-7,10,13H2. The first-order valence-electron chi connectivity index (χ1n) is 9.81. The number of nitrogens with zero attached hydrogens (tertiary/aromatic N) is 2. The number of amides is 1. The molecule has 0 fully saturated rings. The Labute approximate surface area is 181 Å². The van der Waals surface area contributed by atoms with Gasteiger partial charge in [0.1, 0.15) is 0 Å². The van der Waals surface area contributed by atoms with Crippen LogP contribution in [0.4, 0.5) is 0 Å². The highest BCUT2D eigenvalue weighted by molar-refractivity contribution is 9.10. The number of rotatable bonds is 2. The summed E-state index contributed by atoms with van der Waals surface area (Å²) in [6.45, 7) is 0. The van der Waals surface area contributed by atoms with Gasteiger partial charge in [-0.05, 0) is 61.9 Å². The zero-order valence-electron chi connectivity index (χ0n) is 15.7. The Morgan fingerprint density at radius 3 is 2.69 bits per heavy atom. The van der Waals surface area contributed by atoms with Crippen LogP contribution in [0.1, 0.15) is 55.7 Å². The SMILES string of the molecule is O=C(N=c1sc2c(n1C1CCc3ccccc3C1=O)CCC2)c1ccc(Br)cc1. The summed E-state index contributed by atoms with van der Waals surface area (Å²) in [4.78, 5) is 32.5. The fraction of sp³-hybridized carbons (Fsp3) is 0.261. The minimum Gasteiger partial charge on any atom is -0.310 e. The average Bonchev–Trinajstić information content (AvgIpc) is 3.30. The number of carbonyl (C=O) groups excluding carboxylic acids is 2. The Kier molecular flexibility index (Phi) is 4.84. The zero-order chi connectivity index (χ0) is 20.0. The highest BCUT2D eigenvalue weighted by Gasteiger charge is 2.32. The van der Waals surface area contributed by atoms with E-state index < -0.39 is 0 Å². The van der Waals surface area contributed by atoms with Crippen molar-refractivity contribution in [2.24, 2.45) is 4.99 Å². The maximum Gasteiger partial charge on any atom is 0.279 e. The van der Waals surface area contributed by atoms with Crippen LogP contribution in [0.2, 0.25) is 0 Å². The zero-order valence-corrected chi connectivity index (χ0v) is 18.1. The van der Waals surface area contributed by atoms with E-state index in [1.165, 1.54) is 10.6 Å². The molecule has 0 N–H and O–H groups in total. The lowest BCUT2D eigenvalue weighted by molar-refractivity contribution is 0.0900. The van der Waals surface area contributed by atoms with E-state index in [2.05, 4.69) is 25.5 Å². The highest BCUT2D eigenvalue weighted by Crippen LogP contribution is 2.33. The van der Waals surface area contributed by atoms with Crippen molar-refractivity contribution in [3.63, 3.8) is 0 Å². The molecular weight excluding hydrogens is 448 g/mol. The Hall–Kier alpha value is -2.31. The Morgan fingerprint density at radius 2 is 1.86 bits per heavy atom. The molecule has 146 valence electrons. The molecule has 4 nitrogen and oxygen atoms in total. The maximum absolute atomic E-state index is 13.3. The van der Waals surface area contributed by atoms with Gasteiger partial charge in [0.2, 0.25) is 0 Å². The summed E-state index contributed by atoms with van der Waals surface area (Å²) >= 11 is 4.96. The predicted molar refractivity (Wildman–Crippen MR) is 117 cm³/mol. The van der Waals surface area contributed by atoms with Gasteiger partial charge in [0.15, 0.2) is 10.6 Å². The third-order valence-corrected chi connectivity index (χ3v) is 7.41. The number of ketones is 1. The van der Waals surface area contributed by atoms with Crippen molar-refractivity contribution in [2.45, 2.75) is 38.1 Å². The van der Waals surface area contributed by atoms with Gasteiger partial charge in [0.05, 0.1) is 6.04 Å². The normalized spacial score (nSPS) is 18.6. The van der Waals surface area contributed by atoms with Gasteiger partial charge in [-0.25, -0.2) is 0 Å². The van der Waals surface area contributed by atoms with Gasteiger partial charge in [-0.3, -0.25) is 9.59 Å². The number of hydrogen-bond donors (Lipinski definition) is 0. The van der Waals surface area contributed by atoms with Crippen LogP contribution in [0.5, 0.6) is 0 Å². The lowest BCUT2D eigenvalue weighted by Gasteiger charge is -2.25. The molecule has 0 aliphatic heterocycles. The fourth-order valence-electron chi connectivity index (χ4n) is 4.31. The molecule has 5 rings (SSSR count). The van der Waals surface area contributed by atoms with Gasteiger partial charge in [-0.1, -0.05) is 40.2 Å². The first kappa shape index (κ1) is 18.7. The largest absolute Gasteiger partial charge is 0.310 e. The quantitative estimate of drug-likeness (QED) is 0.538. The van der Waals surface area contributed by atoms with Gasteiger partial charge in [-0.15, -0.1) is 11.3 Å². The van der Waals surface area contributed by atoms with E-state index in [1.807, 2.05) is 36.4 Å². The molecular formula is C23H19BrN2O2S. The van der Waals surface area contributed by atoms with Crippen LogP contribution in [-0.2, 0) is 19.3 Å². The molecule has 3 aromatic rings. The minimum absolute atomic E-state index is 0.136. The second-order valence-electron chi connectivity index (χ2n) is 7.48. The Morgan fingerprint density at radius 1 is 1.07 bits per heavy atom. The number of fused-ring (bicyclic) bond motifs is 2. The average molecular weight is 467 g/mol. The van der Waals surface area contributed by atoms with Gasteiger partial charge in [0, 0.05) is 26.2 Å². The Balaban J connectivity index is 1.60. The molecule has 1 amide bonds. The molecule has 6 heteroatoms. The van der Waals surface area contributed by atoms with Crippen LogP contribution < -0.4 is 4.80 Å². The van der Waals surface area contributed by atoms with E-state index in [0.717, 1.165) is 47.7 Å². The maximum atomic E-state index is 13.3. The number of carbonyl (C=O) groups is 2. The number of aromatic nitrogens is 1. The second kappa shape index (κ2) is 7.50. The third kappa shape index (κ3) is 3.34. The van der Waals surface area contributed by atoms with Crippen molar-refractivity contribution in [3.8, 4) is 0 Å². The number of thiazole rings is 1. The minimum atomic E-state index is -0.278. The molecule has 0 radical (unpaired) electrons. The Bertz CT molecular complexity index is 1190. The first-order chi connectivity index (χ1) is 14.1. The van der Waals surface area contributed by atoms with Gasteiger partial charge in [0.25, 0.3) is 5.91 Å². The van der Waals surface area contributed by atoms with E-state index in [-0.39, 0.29) is 17.7 Å². The third-order valence-electron chi connectivity index (χ3n) is 5.72. The molecule has 2 aliphatic rings. The van der Waals surface area contributed by atoms with Crippen molar-refractivity contribution < 1.29 is 9.59 Å². The predicted octanol–water partition coefficient (Wildman–Crippen LogP) is 4.91. The molecule has 0 saturated heterocycles. The van der Waals surface area contributed by atoms with E-state index in [1.54, 1.807) is 23.5 Å². The van der Waals surface area contributed by atoms with Gasteiger partial charge >= 0.3 is 0 Å². The van der Waals surface area contributed by atoms with Crippen molar-refractivity contribution >= 4 is 39.0 Å². The van der Waals surface area contributed by atoms with E-state index in [0.29, 0.717) is 10.4 Å². The summed E-state index contributed by atoms with van der Waals surface area (Å²) in [5.41, 5.74) is 3.66. The monoisotopic (exact) mass is 466 g/mol. The van der Waals surface area contributed by atoms with E-state index >= 15 is 0 Å². The van der Waals surface area contributed by atoms with Crippen molar-refractivity contribution in [3.05, 3.63) is 85.1 Å². The van der Waals surface area contributed by atoms with Gasteiger partial charge in [-0.2, -0.15) is 4.99 Å². The smallest absolute Gasteiger partial charge is 0.279 e. The van der Waals surface area contributed by atoms with Crippen molar-refractivity contribution in [2.75, 3.05) is 0 Å². The number of halogens is 1. The summed E-state index contributed by atoms with van der Waals surface area (Å²) in [5, 5.41) is 0. The van der Waals surface area contributed by atoms with Gasteiger partial charge < -0.3 is 4.57 Å². The van der Waals surface area contributed by atoms with Crippen LogP contribution in [0.25, 0.3) is 0 Å². The van der Waals surface area contributed by atoms with Crippen LogP contribution >= 0.6 is 27.3 Å². The number of aryl methyl sites for hydroxylation is 2. The van der Waals surface area contributed by atoms with Crippen LogP contribution in [0, 0.1) is 0 Å². The highest BCUT2D eigenvalue weighted by atomic mass is 79.9. The summed E-state index contributed by atoms with van der Waals surface area (Å²) in [5.74, 6) is -0.133. The summed E-state index contributed by atoms with van der Waals surface area (Å²) in [6.07, 6.45) is 4.65.